The van der Waals surface area contributed by atoms with Gasteiger partial charge in [0.15, 0.2) is 11.6 Å². The summed E-state index contributed by atoms with van der Waals surface area (Å²) in [6.45, 7) is 1.60. The van der Waals surface area contributed by atoms with Crippen LogP contribution in [0.1, 0.15) is 31.7 Å². The Hall–Kier alpha value is -2.00. The van der Waals surface area contributed by atoms with E-state index in [0.29, 0.717) is 18.9 Å². The lowest BCUT2D eigenvalue weighted by Crippen LogP contribution is -2.49. The third-order valence-corrected chi connectivity index (χ3v) is 3.94. The maximum Gasteiger partial charge on any atom is 0.525 e. The number of rotatable bonds is 7. The van der Waals surface area contributed by atoms with Crippen molar-refractivity contribution in [2.75, 3.05) is 6.61 Å². The molecule has 27 heavy (non-hydrogen) atoms. The summed E-state index contributed by atoms with van der Waals surface area (Å²) in [7, 11) is 0. The number of hydrogen-bond acceptors (Lipinski definition) is 3. The summed E-state index contributed by atoms with van der Waals surface area (Å²) in [5, 5.41) is 10.1. The van der Waals surface area contributed by atoms with Crippen LogP contribution in [0.15, 0.2) is 36.1 Å². The van der Waals surface area contributed by atoms with Crippen LogP contribution in [0, 0.1) is 11.6 Å². The maximum atomic E-state index is 14.8. The second-order valence-corrected chi connectivity index (χ2v) is 5.92. The summed E-state index contributed by atoms with van der Waals surface area (Å²) in [6, 6.07) is 2.98. The summed E-state index contributed by atoms with van der Waals surface area (Å²) in [5.74, 6) is -6.83. The summed E-state index contributed by atoms with van der Waals surface area (Å²) >= 11 is 0. The summed E-state index contributed by atoms with van der Waals surface area (Å²) < 4.78 is 89.3. The number of hydrogen-bond donors (Lipinski definition) is 1. The third kappa shape index (κ3) is 4.84. The first-order valence-electron chi connectivity index (χ1n) is 8.23. The molecule has 1 N–H and O–H groups in total. The van der Waals surface area contributed by atoms with Crippen LogP contribution in [0.2, 0.25) is 0 Å². The molecule has 150 valence electrons. The van der Waals surface area contributed by atoms with Gasteiger partial charge in [-0.25, -0.2) is 13.2 Å². The van der Waals surface area contributed by atoms with Crippen LogP contribution >= 0.6 is 0 Å². The van der Waals surface area contributed by atoms with Crippen LogP contribution in [-0.4, -0.2) is 30.0 Å². The van der Waals surface area contributed by atoms with Gasteiger partial charge in [0.2, 0.25) is 12.0 Å². The Bertz CT molecular complexity index is 728. The van der Waals surface area contributed by atoms with Gasteiger partial charge in [0, 0.05) is 11.1 Å². The average molecular weight is 396 g/mol. The second kappa shape index (κ2) is 8.35. The first-order valence-corrected chi connectivity index (χ1v) is 8.23. The topological polar surface area (TPSA) is 38.7 Å². The van der Waals surface area contributed by atoms with Crippen molar-refractivity contribution < 1.29 is 40.9 Å². The highest BCUT2D eigenvalue weighted by molar-refractivity contribution is 5.78. The molecule has 0 aliphatic heterocycles. The van der Waals surface area contributed by atoms with Crippen LogP contribution in [0.5, 0.6) is 0 Å². The van der Waals surface area contributed by atoms with Crippen molar-refractivity contribution in [3.8, 4) is 0 Å². The molecule has 1 aromatic rings. The minimum absolute atomic E-state index is 0.258. The van der Waals surface area contributed by atoms with Crippen molar-refractivity contribution in [1.29, 1.82) is 0 Å². The molecule has 1 aromatic carbocycles. The number of allylic oxidation sites excluding steroid dienone is 2. The molecule has 0 saturated heterocycles. The van der Waals surface area contributed by atoms with Gasteiger partial charge >= 0.3 is 6.36 Å². The van der Waals surface area contributed by atoms with Crippen molar-refractivity contribution in [2.24, 2.45) is 0 Å². The Morgan fingerprint density at radius 2 is 1.89 bits per heavy atom. The Labute approximate surface area is 151 Å². The number of ether oxygens (including phenoxy) is 2. The van der Waals surface area contributed by atoms with Gasteiger partial charge in [-0.3, -0.25) is 4.74 Å². The molecule has 0 saturated carbocycles. The molecule has 0 aromatic heterocycles. The molecule has 1 aliphatic rings. The fourth-order valence-electron chi connectivity index (χ4n) is 2.64. The van der Waals surface area contributed by atoms with Gasteiger partial charge in [-0.15, -0.1) is 13.2 Å². The van der Waals surface area contributed by atoms with Crippen molar-refractivity contribution >= 4 is 5.57 Å². The van der Waals surface area contributed by atoms with E-state index in [2.05, 4.69) is 4.74 Å². The molecular weight excluding hydrogens is 378 g/mol. The predicted molar refractivity (Wildman–Crippen MR) is 85.3 cm³/mol. The van der Waals surface area contributed by atoms with Crippen molar-refractivity contribution in [1.82, 2.24) is 0 Å². The summed E-state index contributed by atoms with van der Waals surface area (Å²) in [4.78, 5) is 0. The lowest BCUT2D eigenvalue weighted by Gasteiger charge is -2.36. The Morgan fingerprint density at radius 3 is 2.52 bits per heavy atom. The highest BCUT2D eigenvalue weighted by atomic mass is 19.4. The minimum atomic E-state index is -5.26. The molecule has 2 unspecified atom stereocenters. The fourth-order valence-corrected chi connectivity index (χ4v) is 2.64. The molecule has 1 aliphatic carbocycles. The Morgan fingerprint density at radius 1 is 1.19 bits per heavy atom. The SMILES string of the molecule is CCCCCOC1(OC(F)(F)F)C=CC(c2cccc(F)c2F)=C(O)C1F. The first-order chi connectivity index (χ1) is 12.6. The Kier molecular flexibility index (Phi) is 6.59. The smallest absolute Gasteiger partial charge is 0.508 e. The van der Waals surface area contributed by atoms with Crippen LogP contribution in [0.3, 0.4) is 0 Å². The lowest BCUT2D eigenvalue weighted by molar-refractivity contribution is -0.413. The number of unbranched alkanes of at least 4 members (excludes halogenated alkanes) is 2. The van der Waals surface area contributed by atoms with E-state index in [0.717, 1.165) is 30.7 Å². The zero-order valence-electron chi connectivity index (χ0n) is 14.3. The molecule has 0 radical (unpaired) electrons. The van der Waals surface area contributed by atoms with Crippen LogP contribution < -0.4 is 0 Å². The number of benzene rings is 1. The minimum Gasteiger partial charge on any atom is -0.508 e. The number of aliphatic hydroxyl groups excluding tert-OH is 1. The molecule has 2 rings (SSSR count). The summed E-state index contributed by atoms with van der Waals surface area (Å²) in [6.07, 6.45) is -4.92. The standard InChI is InChI=1S/C18H18F6O3/c1-2-3-4-10-26-17(27-18(22,23)24)9-8-12(15(25)16(17)21)11-6-5-7-13(19)14(11)20/h5-9,16,25H,2-4,10H2,1H3. The maximum absolute atomic E-state index is 14.8. The number of alkyl halides is 4. The highest BCUT2D eigenvalue weighted by Gasteiger charge is 2.52. The zero-order chi connectivity index (χ0) is 20.2. The molecule has 0 heterocycles. The lowest BCUT2D eigenvalue weighted by atomic mass is 9.92. The fraction of sp³-hybridized carbons (Fsp3) is 0.444. The second-order valence-electron chi connectivity index (χ2n) is 5.92. The molecular formula is C18H18F6O3. The monoisotopic (exact) mass is 396 g/mol. The van der Waals surface area contributed by atoms with E-state index < -0.39 is 46.9 Å². The normalized spacial score (nSPS) is 23.1. The van der Waals surface area contributed by atoms with Crippen molar-refractivity contribution in [3.63, 3.8) is 0 Å². The van der Waals surface area contributed by atoms with Gasteiger partial charge in [-0.05, 0) is 24.6 Å². The zero-order valence-corrected chi connectivity index (χ0v) is 14.3. The van der Waals surface area contributed by atoms with Gasteiger partial charge < -0.3 is 9.84 Å². The van der Waals surface area contributed by atoms with Crippen molar-refractivity contribution in [2.45, 2.75) is 44.5 Å². The molecule has 3 nitrogen and oxygen atoms in total. The average Bonchev–Trinajstić information content (AvgIpc) is 2.58. The van der Waals surface area contributed by atoms with E-state index in [1.165, 1.54) is 0 Å². The first kappa shape index (κ1) is 21.3. The van der Waals surface area contributed by atoms with E-state index in [1.807, 2.05) is 6.92 Å². The van der Waals surface area contributed by atoms with Gasteiger partial charge in [-0.1, -0.05) is 31.9 Å². The number of aliphatic hydroxyl groups is 1. The van der Waals surface area contributed by atoms with Crippen LogP contribution in [0.25, 0.3) is 5.57 Å². The van der Waals surface area contributed by atoms with Crippen molar-refractivity contribution in [3.05, 3.63) is 53.3 Å². The van der Waals surface area contributed by atoms with E-state index in [-0.39, 0.29) is 6.61 Å². The molecule has 2 atom stereocenters. The quantitative estimate of drug-likeness (QED) is 0.371. The van der Waals surface area contributed by atoms with E-state index in [9.17, 15) is 31.4 Å². The number of halogens is 6. The molecule has 0 bridgehead atoms. The third-order valence-electron chi connectivity index (χ3n) is 3.94. The van der Waals surface area contributed by atoms with Gasteiger partial charge in [0.25, 0.3) is 0 Å². The van der Waals surface area contributed by atoms with Gasteiger partial charge in [0.05, 0.1) is 6.61 Å². The Balaban J connectivity index is 2.38. The molecule has 0 amide bonds. The molecule has 9 heteroatoms. The van der Waals surface area contributed by atoms with E-state index >= 15 is 0 Å². The van der Waals surface area contributed by atoms with E-state index in [1.54, 1.807) is 0 Å². The molecule has 0 spiro atoms. The highest BCUT2D eigenvalue weighted by Crippen LogP contribution is 2.41. The van der Waals surface area contributed by atoms with E-state index in [4.69, 9.17) is 4.74 Å². The predicted octanol–water partition coefficient (Wildman–Crippen LogP) is 5.58. The largest absolute Gasteiger partial charge is 0.525 e. The molecule has 0 fully saturated rings. The van der Waals surface area contributed by atoms with Gasteiger partial charge in [0.1, 0.15) is 5.76 Å². The van der Waals surface area contributed by atoms with Crippen LogP contribution in [0.4, 0.5) is 26.3 Å². The van der Waals surface area contributed by atoms with Gasteiger partial charge in [-0.2, -0.15) is 0 Å². The summed E-state index contributed by atoms with van der Waals surface area (Å²) in [5.41, 5.74) is -1.00. The van der Waals surface area contributed by atoms with Crippen LogP contribution in [-0.2, 0) is 9.47 Å².